The number of phosphoric ester groups is 1. The topological polar surface area (TPSA) is 112 Å². The lowest BCUT2D eigenvalue weighted by molar-refractivity contribution is -0.274. The van der Waals surface area contributed by atoms with E-state index in [4.69, 9.17) is 13.6 Å². The fourth-order valence-corrected chi connectivity index (χ4v) is 6.63. The molecule has 3 aromatic rings. The maximum atomic E-state index is 13.9. The van der Waals surface area contributed by atoms with Gasteiger partial charge >= 0.3 is 20.4 Å². The number of hydrogen-bond donors (Lipinski definition) is 0. The first-order valence-electron chi connectivity index (χ1n) is 14.7. The molecule has 1 aliphatic heterocycles. The Morgan fingerprint density at radius 3 is 1.96 bits per heavy atom. The van der Waals surface area contributed by atoms with Crippen LogP contribution in [0.5, 0.6) is 5.75 Å². The van der Waals surface area contributed by atoms with Crippen LogP contribution < -0.4 is 20.1 Å². The number of benzene rings is 1. The smallest absolute Gasteiger partial charge is 0.406 e. The van der Waals surface area contributed by atoms with Gasteiger partial charge in [0.2, 0.25) is 0 Å². The van der Waals surface area contributed by atoms with Crippen LogP contribution in [0.4, 0.5) is 43.5 Å². The minimum Gasteiger partial charge on any atom is -0.406 e. The minimum absolute atomic E-state index is 0.0549. The van der Waals surface area contributed by atoms with Crippen LogP contribution >= 0.6 is 7.82 Å². The standard InChI is InChI=1S/C31H35F6N4O7P/c1-18-13-21(46-31(35,36)37)9-10-23(18)39-16-40(27(43)22-14-20(30(32,33)34)15-38-26(22)39)24-11-12-25(42)41(19(24)2)17-45-49(44,47-28(3,4)5)48-29(6,7)8/h9-15H,16-17H2,1-8H3. The predicted molar refractivity (Wildman–Crippen MR) is 167 cm³/mol. The number of halogens is 6. The molecule has 1 aromatic carbocycles. The van der Waals surface area contributed by atoms with Crippen molar-refractivity contribution in [3.8, 4) is 5.75 Å². The number of carbonyl (C=O) groups excluding carboxylic acids is 1. The van der Waals surface area contributed by atoms with Crippen LogP contribution in [0, 0.1) is 13.8 Å². The molecule has 0 N–H and O–H groups in total. The minimum atomic E-state index is -4.97. The van der Waals surface area contributed by atoms with Gasteiger partial charge in [0.15, 0.2) is 0 Å². The zero-order valence-corrected chi connectivity index (χ0v) is 28.7. The van der Waals surface area contributed by atoms with E-state index in [9.17, 15) is 40.5 Å². The maximum Gasteiger partial charge on any atom is 0.573 e. The number of amides is 1. The Balaban J connectivity index is 1.81. The van der Waals surface area contributed by atoms with Gasteiger partial charge in [0.25, 0.3) is 11.5 Å². The van der Waals surface area contributed by atoms with E-state index in [1.54, 1.807) is 41.5 Å². The molecule has 0 bridgehead atoms. The third-order valence-electron chi connectivity index (χ3n) is 6.73. The lowest BCUT2D eigenvalue weighted by Crippen LogP contribution is -2.46. The van der Waals surface area contributed by atoms with Crippen LogP contribution in [-0.2, 0) is 31.0 Å². The summed E-state index contributed by atoms with van der Waals surface area (Å²) in [5.41, 5.74) is -3.73. The monoisotopic (exact) mass is 720 g/mol. The van der Waals surface area contributed by atoms with Gasteiger partial charge in [-0.1, -0.05) is 0 Å². The van der Waals surface area contributed by atoms with Gasteiger partial charge in [0.05, 0.1) is 28.0 Å². The van der Waals surface area contributed by atoms with Crippen LogP contribution in [-0.4, -0.2) is 39.7 Å². The Bertz CT molecular complexity index is 1830. The zero-order valence-electron chi connectivity index (χ0n) is 27.8. The number of aromatic nitrogens is 2. The van der Waals surface area contributed by atoms with Gasteiger partial charge in [0, 0.05) is 23.6 Å². The average Bonchev–Trinajstić information content (AvgIpc) is 2.90. The molecule has 1 amide bonds. The van der Waals surface area contributed by atoms with Crippen molar-refractivity contribution >= 4 is 30.9 Å². The summed E-state index contributed by atoms with van der Waals surface area (Å²) in [6.45, 7) is 11.6. The Labute approximate surface area is 278 Å². The second-order valence-corrected chi connectivity index (χ2v) is 14.6. The van der Waals surface area contributed by atoms with E-state index in [0.29, 0.717) is 12.3 Å². The molecule has 268 valence electrons. The summed E-state index contributed by atoms with van der Waals surface area (Å²) < 4.78 is 115. The first-order valence-corrected chi connectivity index (χ1v) is 16.1. The molecule has 2 aromatic heterocycles. The van der Waals surface area contributed by atoms with Crippen molar-refractivity contribution in [2.75, 3.05) is 16.5 Å². The van der Waals surface area contributed by atoms with E-state index < -0.39 is 66.6 Å². The van der Waals surface area contributed by atoms with E-state index in [0.717, 1.165) is 27.7 Å². The van der Waals surface area contributed by atoms with Crippen LogP contribution in [0.15, 0.2) is 47.4 Å². The van der Waals surface area contributed by atoms with E-state index >= 15 is 0 Å². The van der Waals surface area contributed by atoms with Gasteiger partial charge in [-0.25, -0.2) is 9.55 Å². The molecular formula is C31H35F6N4O7P. The highest BCUT2D eigenvalue weighted by Gasteiger charge is 2.40. The van der Waals surface area contributed by atoms with E-state index in [1.807, 2.05) is 0 Å². The van der Waals surface area contributed by atoms with Gasteiger partial charge in [-0.05, 0) is 91.3 Å². The summed E-state index contributed by atoms with van der Waals surface area (Å²) in [6, 6.07) is 6.32. The van der Waals surface area contributed by atoms with Crippen LogP contribution in [0.2, 0.25) is 0 Å². The number of ether oxygens (including phenoxy) is 1. The molecule has 3 heterocycles. The van der Waals surface area contributed by atoms with E-state index in [2.05, 4.69) is 9.72 Å². The largest absolute Gasteiger partial charge is 0.573 e. The molecule has 4 rings (SSSR count). The van der Waals surface area contributed by atoms with Crippen molar-refractivity contribution in [2.45, 2.75) is 85.9 Å². The SMILES string of the molecule is Cc1cc(OC(F)(F)F)ccc1N1CN(c2ccc(=O)n(COP(=O)(OC(C)(C)C)OC(C)(C)C)c2C)C(=O)c2cc(C(F)(F)F)cnc21. The molecule has 0 saturated heterocycles. The Kier molecular flexibility index (Phi) is 10.1. The van der Waals surface area contributed by atoms with Crippen LogP contribution in [0.3, 0.4) is 0 Å². The number of carbonyl (C=O) groups is 1. The first-order chi connectivity index (χ1) is 22.3. The van der Waals surface area contributed by atoms with Crippen molar-refractivity contribution in [3.05, 3.63) is 75.3 Å². The molecule has 49 heavy (non-hydrogen) atoms. The van der Waals surface area contributed by atoms with Crippen molar-refractivity contribution in [1.29, 1.82) is 0 Å². The van der Waals surface area contributed by atoms with Crippen LogP contribution in [0.1, 0.15) is 68.7 Å². The quantitative estimate of drug-likeness (QED) is 0.168. The van der Waals surface area contributed by atoms with Crippen molar-refractivity contribution in [2.24, 2.45) is 0 Å². The summed E-state index contributed by atoms with van der Waals surface area (Å²) in [5, 5.41) is 0. The van der Waals surface area contributed by atoms with Crippen molar-refractivity contribution < 1.29 is 54.0 Å². The highest BCUT2D eigenvalue weighted by molar-refractivity contribution is 7.48. The number of fused-ring (bicyclic) bond motifs is 1. The maximum absolute atomic E-state index is 13.9. The number of hydrogen-bond acceptors (Lipinski definition) is 9. The second-order valence-electron chi connectivity index (χ2n) is 13.1. The Morgan fingerprint density at radius 2 is 1.43 bits per heavy atom. The van der Waals surface area contributed by atoms with Gasteiger partial charge in [-0.3, -0.25) is 32.6 Å². The fraction of sp³-hybridized carbons (Fsp3) is 0.452. The summed E-state index contributed by atoms with van der Waals surface area (Å²) in [4.78, 5) is 33.3. The Morgan fingerprint density at radius 1 is 0.837 bits per heavy atom. The number of aryl methyl sites for hydroxylation is 1. The summed E-state index contributed by atoms with van der Waals surface area (Å²) >= 11 is 0. The number of rotatable bonds is 8. The zero-order chi connectivity index (χ0) is 36.9. The molecule has 0 radical (unpaired) electrons. The molecule has 0 unspecified atom stereocenters. The number of nitrogens with zero attached hydrogens (tertiary/aromatic N) is 4. The molecule has 1 aliphatic rings. The molecule has 0 fully saturated rings. The second kappa shape index (κ2) is 13.1. The van der Waals surface area contributed by atoms with E-state index in [-0.39, 0.29) is 35.1 Å². The summed E-state index contributed by atoms with van der Waals surface area (Å²) in [7, 11) is -4.31. The highest BCUT2D eigenvalue weighted by Crippen LogP contribution is 2.55. The fourth-order valence-electron chi connectivity index (χ4n) is 4.89. The van der Waals surface area contributed by atoms with Crippen LogP contribution in [0.25, 0.3) is 0 Å². The molecule has 0 saturated carbocycles. The lowest BCUT2D eigenvalue weighted by atomic mass is 10.1. The predicted octanol–water partition coefficient (Wildman–Crippen LogP) is 8.25. The number of alkyl halides is 6. The lowest BCUT2D eigenvalue weighted by Gasteiger charge is -2.38. The number of pyridine rings is 2. The molecule has 18 heteroatoms. The highest BCUT2D eigenvalue weighted by atomic mass is 31.2. The Hall–Kier alpha value is -3.92. The number of anilines is 3. The van der Waals surface area contributed by atoms with E-state index in [1.165, 1.54) is 30.9 Å². The molecule has 0 aliphatic carbocycles. The van der Waals surface area contributed by atoms with Gasteiger partial charge in [-0.15, -0.1) is 13.2 Å². The first kappa shape index (κ1) is 37.9. The molecule has 0 atom stereocenters. The molecule has 0 spiro atoms. The van der Waals surface area contributed by atoms with Crippen molar-refractivity contribution in [1.82, 2.24) is 9.55 Å². The summed E-state index contributed by atoms with van der Waals surface area (Å²) in [5.74, 6) is -1.63. The third-order valence-corrected chi connectivity index (χ3v) is 8.71. The van der Waals surface area contributed by atoms with Crippen molar-refractivity contribution in [3.63, 3.8) is 0 Å². The molecule has 11 nitrogen and oxygen atoms in total. The van der Waals surface area contributed by atoms with Gasteiger partial charge in [0.1, 0.15) is 25.0 Å². The van der Waals surface area contributed by atoms with Gasteiger partial charge < -0.3 is 9.64 Å². The molecular weight excluding hydrogens is 685 g/mol. The summed E-state index contributed by atoms with van der Waals surface area (Å²) in [6.07, 6.45) is -9.29. The number of phosphoric acid groups is 1. The average molecular weight is 721 g/mol. The third kappa shape index (κ3) is 9.21. The normalized spacial score (nSPS) is 14.7. The van der Waals surface area contributed by atoms with Gasteiger partial charge in [-0.2, -0.15) is 13.2 Å².